The lowest BCUT2D eigenvalue weighted by Gasteiger charge is -2.07. The first-order valence-electron chi connectivity index (χ1n) is 5.51. The van der Waals surface area contributed by atoms with Crippen molar-refractivity contribution in [3.8, 4) is 11.5 Å². The summed E-state index contributed by atoms with van der Waals surface area (Å²) in [6, 6.07) is 16.1. The van der Waals surface area contributed by atoms with Gasteiger partial charge in [0.15, 0.2) is 0 Å². The van der Waals surface area contributed by atoms with Crippen molar-refractivity contribution in [3.05, 3.63) is 60.2 Å². The molecule has 2 aromatic carbocycles. The molecule has 4 nitrogen and oxygen atoms in total. The van der Waals surface area contributed by atoms with Gasteiger partial charge in [-0.3, -0.25) is 4.79 Å². The van der Waals surface area contributed by atoms with Crippen LogP contribution in [0.4, 0.5) is 0 Å². The maximum Gasteiger partial charge on any atom is 0.253 e. The highest BCUT2D eigenvalue weighted by Gasteiger charge is 2.05. The first-order chi connectivity index (χ1) is 8.79. The third-order valence-corrected chi connectivity index (χ3v) is 2.31. The number of aliphatic hydroxyl groups is 1. The van der Waals surface area contributed by atoms with Crippen molar-refractivity contribution in [3.63, 3.8) is 0 Å². The second-order valence-electron chi connectivity index (χ2n) is 3.61. The van der Waals surface area contributed by atoms with Crippen LogP contribution in [0.2, 0.25) is 0 Å². The average molecular weight is 243 g/mol. The van der Waals surface area contributed by atoms with Gasteiger partial charge in [0, 0.05) is 5.56 Å². The van der Waals surface area contributed by atoms with E-state index >= 15 is 0 Å². The van der Waals surface area contributed by atoms with Crippen LogP contribution in [0, 0.1) is 0 Å². The summed E-state index contributed by atoms with van der Waals surface area (Å²) < 4.78 is 5.60. The molecule has 0 unspecified atom stereocenters. The van der Waals surface area contributed by atoms with Gasteiger partial charge in [0.25, 0.3) is 5.91 Å². The van der Waals surface area contributed by atoms with Gasteiger partial charge in [-0.2, -0.15) is 0 Å². The molecule has 18 heavy (non-hydrogen) atoms. The Balaban J connectivity index is 2.15. The Labute approximate surface area is 105 Å². The fraction of sp³-hybridized carbons (Fsp3) is 0.0714. The highest BCUT2D eigenvalue weighted by atomic mass is 16.5. The number of ether oxygens (including phenoxy) is 1. The summed E-state index contributed by atoms with van der Waals surface area (Å²) in [6.07, 6.45) is 0. The molecule has 2 aromatic rings. The summed E-state index contributed by atoms with van der Waals surface area (Å²) in [7, 11) is 0. The van der Waals surface area contributed by atoms with E-state index in [0.717, 1.165) is 0 Å². The van der Waals surface area contributed by atoms with Crippen molar-refractivity contribution >= 4 is 5.91 Å². The van der Waals surface area contributed by atoms with E-state index in [1.807, 2.05) is 30.3 Å². The van der Waals surface area contributed by atoms with E-state index in [1.54, 1.807) is 24.3 Å². The molecule has 0 fully saturated rings. The van der Waals surface area contributed by atoms with Crippen LogP contribution in [-0.4, -0.2) is 17.7 Å². The molecule has 2 N–H and O–H groups in total. The molecule has 0 saturated heterocycles. The van der Waals surface area contributed by atoms with Crippen molar-refractivity contribution in [1.82, 2.24) is 5.32 Å². The standard InChI is InChI=1S/C14H13NO3/c16-10-15-14(17)11-5-4-8-13(9-11)18-12-6-2-1-3-7-12/h1-9,16H,10H2,(H,15,17). The molecule has 0 aromatic heterocycles. The van der Waals surface area contributed by atoms with Crippen LogP contribution in [0.15, 0.2) is 54.6 Å². The highest BCUT2D eigenvalue weighted by Crippen LogP contribution is 2.21. The Morgan fingerprint density at radius 1 is 1.06 bits per heavy atom. The molecule has 0 heterocycles. The Bertz CT molecular complexity index is 526. The summed E-state index contributed by atoms with van der Waals surface area (Å²) in [4.78, 5) is 11.5. The minimum Gasteiger partial charge on any atom is -0.457 e. The van der Waals surface area contributed by atoms with Crippen LogP contribution in [0.3, 0.4) is 0 Å². The molecule has 92 valence electrons. The zero-order valence-corrected chi connectivity index (χ0v) is 9.67. The predicted molar refractivity (Wildman–Crippen MR) is 67.5 cm³/mol. The Morgan fingerprint density at radius 2 is 1.78 bits per heavy atom. The van der Waals surface area contributed by atoms with E-state index in [-0.39, 0.29) is 12.6 Å². The van der Waals surface area contributed by atoms with Crippen LogP contribution in [-0.2, 0) is 0 Å². The number of nitrogens with one attached hydrogen (secondary N) is 1. The Kier molecular flexibility index (Phi) is 3.94. The Hall–Kier alpha value is -2.33. The van der Waals surface area contributed by atoms with Gasteiger partial charge in [0.1, 0.15) is 18.2 Å². The van der Waals surface area contributed by atoms with Gasteiger partial charge in [0.2, 0.25) is 0 Å². The lowest BCUT2D eigenvalue weighted by Crippen LogP contribution is -2.23. The van der Waals surface area contributed by atoms with E-state index in [1.165, 1.54) is 0 Å². The van der Waals surface area contributed by atoms with Crippen LogP contribution in [0.5, 0.6) is 11.5 Å². The lowest BCUT2D eigenvalue weighted by atomic mass is 10.2. The molecule has 0 aliphatic rings. The number of hydrogen-bond donors (Lipinski definition) is 2. The zero-order valence-electron chi connectivity index (χ0n) is 9.67. The highest BCUT2D eigenvalue weighted by molar-refractivity contribution is 5.94. The second kappa shape index (κ2) is 5.84. The van der Waals surface area contributed by atoms with Gasteiger partial charge in [-0.25, -0.2) is 0 Å². The van der Waals surface area contributed by atoms with Gasteiger partial charge in [-0.05, 0) is 30.3 Å². The van der Waals surface area contributed by atoms with Crippen molar-refractivity contribution in [2.75, 3.05) is 6.73 Å². The average Bonchev–Trinajstić information content (AvgIpc) is 2.40. The Morgan fingerprint density at radius 3 is 2.50 bits per heavy atom. The summed E-state index contributed by atoms with van der Waals surface area (Å²) in [5, 5.41) is 11.0. The molecule has 0 aliphatic heterocycles. The number of carbonyl (C=O) groups excluding carboxylic acids is 1. The van der Waals surface area contributed by atoms with Crippen LogP contribution in [0.1, 0.15) is 10.4 Å². The number of amides is 1. The predicted octanol–water partition coefficient (Wildman–Crippen LogP) is 2.16. The van der Waals surface area contributed by atoms with E-state index in [4.69, 9.17) is 9.84 Å². The number of carbonyl (C=O) groups is 1. The van der Waals surface area contributed by atoms with Crippen LogP contribution >= 0.6 is 0 Å². The monoisotopic (exact) mass is 243 g/mol. The maximum absolute atomic E-state index is 11.5. The molecule has 0 atom stereocenters. The molecule has 2 rings (SSSR count). The van der Waals surface area contributed by atoms with E-state index in [0.29, 0.717) is 17.1 Å². The summed E-state index contributed by atoms with van der Waals surface area (Å²) in [5.41, 5.74) is 0.442. The number of para-hydroxylation sites is 1. The van der Waals surface area contributed by atoms with Gasteiger partial charge in [-0.15, -0.1) is 0 Å². The first kappa shape index (κ1) is 12.1. The van der Waals surface area contributed by atoms with Gasteiger partial charge in [-0.1, -0.05) is 24.3 Å². The fourth-order valence-electron chi connectivity index (χ4n) is 1.50. The maximum atomic E-state index is 11.5. The minimum atomic E-state index is -0.386. The number of hydrogen-bond acceptors (Lipinski definition) is 3. The zero-order chi connectivity index (χ0) is 12.8. The van der Waals surface area contributed by atoms with Gasteiger partial charge in [0.05, 0.1) is 0 Å². The summed E-state index contributed by atoms with van der Waals surface area (Å²) >= 11 is 0. The SMILES string of the molecule is O=C(NCO)c1cccc(Oc2ccccc2)c1. The smallest absolute Gasteiger partial charge is 0.253 e. The molecular weight excluding hydrogens is 230 g/mol. The molecule has 0 saturated carbocycles. The van der Waals surface area contributed by atoms with E-state index < -0.39 is 0 Å². The largest absolute Gasteiger partial charge is 0.457 e. The lowest BCUT2D eigenvalue weighted by molar-refractivity contribution is 0.0910. The molecule has 0 spiro atoms. The number of benzene rings is 2. The summed E-state index contributed by atoms with van der Waals surface area (Å²) in [5.74, 6) is 0.944. The van der Waals surface area contributed by atoms with Crippen molar-refractivity contribution < 1.29 is 14.6 Å². The van der Waals surface area contributed by atoms with Crippen LogP contribution in [0.25, 0.3) is 0 Å². The quantitative estimate of drug-likeness (QED) is 0.809. The second-order valence-corrected chi connectivity index (χ2v) is 3.61. The van der Waals surface area contributed by atoms with E-state index in [2.05, 4.69) is 5.32 Å². The molecule has 4 heteroatoms. The topological polar surface area (TPSA) is 58.6 Å². The normalized spacial score (nSPS) is 9.83. The van der Waals surface area contributed by atoms with Crippen LogP contribution < -0.4 is 10.1 Å². The third-order valence-electron chi connectivity index (χ3n) is 2.31. The fourth-order valence-corrected chi connectivity index (χ4v) is 1.50. The molecular formula is C14H13NO3. The van der Waals surface area contributed by atoms with Crippen molar-refractivity contribution in [1.29, 1.82) is 0 Å². The van der Waals surface area contributed by atoms with E-state index in [9.17, 15) is 4.79 Å². The third kappa shape index (κ3) is 3.09. The van der Waals surface area contributed by atoms with Crippen molar-refractivity contribution in [2.24, 2.45) is 0 Å². The molecule has 1 amide bonds. The minimum absolute atomic E-state index is 0.337. The number of aliphatic hydroxyl groups excluding tert-OH is 1. The molecule has 0 aliphatic carbocycles. The summed E-state index contributed by atoms with van der Waals surface area (Å²) in [6.45, 7) is -0.386. The molecule has 0 bridgehead atoms. The van der Waals surface area contributed by atoms with Gasteiger partial charge < -0.3 is 15.2 Å². The number of rotatable bonds is 4. The van der Waals surface area contributed by atoms with Gasteiger partial charge >= 0.3 is 0 Å². The molecule has 0 radical (unpaired) electrons. The van der Waals surface area contributed by atoms with Crippen molar-refractivity contribution in [2.45, 2.75) is 0 Å². The first-order valence-corrected chi connectivity index (χ1v) is 5.51.